The Hall–Kier alpha value is -2.56. The lowest BCUT2D eigenvalue weighted by Gasteiger charge is -2.42. The van der Waals surface area contributed by atoms with Crippen LogP contribution in [0.25, 0.3) is 0 Å². The Kier molecular flexibility index (Phi) is 4.41. The molecule has 1 fully saturated rings. The number of hydrogen-bond acceptors (Lipinski definition) is 3. The summed E-state index contributed by atoms with van der Waals surface area (Å²) >= 11 is 0. The molecule has 0 radical (unpaired) electrons. The van der Waals surface area contributed by atoms with Gasteiger partial charge < -0.3 is 14.2 Å². The van der Waals surface area contributed by atoms with E-state index in [1.807, 2.05) is 0 Å². The summed E-state index contributed by atoms with van der Waals surface area (Å²) in [4.78, 5) is 2.37. The normalized spacial score (nSPS) is 20.3. The number of anilines is 3. The molecule has 3 aromatic rings. The highest BCUT2D eigenvalue weighted by atomic mass is 16.7. The Balaban J connectivity index is 1.67. The van der Waals surface area contributed by atoms with Crippen molar-refractivity contribution in [2.24, 2.45) is 0 Å². The number of nitrogens with zero attached hydrogens (tertiary/aromatic N) is 1. The fourth-order valence-electron chi connectivity index (χ4n) is 4.70. The molecule has 0 atom stereocenters. The van der Waals surface area contributed by atoms with Gasteiger partial charge in [-0.3, -0.25) is 0 Å². The average molecular weight is 411 g/mol. The van der Waals surface area contributed by atoms with E-state index < -0.39 is 0 Å². The van der Waals surface area contributed by atoms with Crippen molar-refractivity contribution >= 4 is 29.6 Å². The third-order valence-electron chi connectivity index (χ3n) is 7.29. The van der Waals surface area contributed by atoms with Crippen LogP contribution >= 0.6 is 0 Å². The minimum atomic E-state index is -0.367. The summed E-state index contributed by atoms with van der Waals surface area (Å²) in [5.74, 6) is 0. The minimum absolute atomic E-state index is 0.142. The molecule has 0 spiro atoms. The van der Waals surface area contributed by atoms with Crippen molar-refractivity contribution in [1.82, 2.24) is 0 Å². The van der Waals surface area contributed by atoms with Gasteiger partial charge in [-0.05, 0) is 68.6 Å². The van der Waals surface area contributed by atoms with Gasteiger partial charge in [0, 0.05) is 11.1 Å². The maximum absolute atomic E-state index is 6.35. The second kappa shape index (κ2) is 6.72. The lowest BCUT2D eigenvalue weighted by molar-refractivity contribution is 0.00578. The van der Waals surface area contributed by atoms with Crippen LogP contribution < -0.4 is 10.4 Å². The highest BCUT2D eigenvalue weighted by Gasteiger charge is 2.52. The lowest BCUT2D eigenvalue weighted by atomic mass is 9.69. The number of hydrogen-bond donors (Lipinski definition) is 0. The highest BCUT2D eigenvalue weighted by molar-refractivity contribution is 6.62. The zero-order valence-corrected chi connectivity index (χ0v) is 19.3. The van der Waals surface area contributed by atoms with Gasteiger partial charge in [-0.25, -0.2) is 0 Å². The van der Waals surface area contributed by atoms with Crippen LogP contribution in [0.2, 0.25) is 0 Å². The molecule has 3 aromatic carbocycles. The topological polar surface area (TPSA) is 21.7 Å². The van der Waals surface area contributed by atoms with Crippen molar-refractivity contribution in [1.29, 1.82) is 0 Å². The Morgan fingerprint density at radius 1 is 0.645 bits per heavy atom. The largest absolute Gasteiger partial charge is 0.494 e. The van der Waals surface area contributed by atoms with E-state index in [-0.39, 0.29) is 23.7 Å². The van der Waals surface area contributed by atoms with E-state index in [0.717, 1.165) is 11.2 Å². The second-order valence-electron chi connectivity index (χ2n) is 10.2. The van der Waals surface area contributed by atoms with Gasteiger partial charge in [0.1, 0.15) is 0 Å². The Morgan fingerprint density at radius 3 is 1.90 bits per heavy atom. The molecule has 0 aliphatic carbocycles. The van der Waals surface area contributed by atoms with Crippen LogP contribution in [0, 0.1) is 0 Å². The molecule has 1 saturated heterocycles. The van der Waals surface area contributed by atoms with E-state index in [0.29, 0.717) is 0 Å². The number of benzene rings is 3. The molecule has 31 heavy (non-hydrogen) atoms. The molecule has 5 rings (SSSR count). The van der Waals surface area contributed by atoms with Crippen molar-refractivity contribution in [3.8, 4) is 0 Å². The van der Waals surface area contributed by atoms with Crippen LogP contribution in [0.1, 0.15) is 52.7 Å². The van der Waals surface area contributed by atoms with E-state index in [9.17, 15) is 0 Å². The molecule has 2 heterocycles. The standard InChI is InChI=1S/C27H30BNO2/c1-25(2)21-14-10-11-15-23(21)29(20-12-8-7-9-13-20)24-17-16-19(18-22(24)25)28-30-26(3,4)27(5,6)31-28/h7-18H,1-6H3. The monoisotopic (exact) mass is 411 g/mol. The Bertz CT molecular complexity index is 1120. The highest BCUT2D eigenvalue weighted by Crippen LogP contribution is 2.51. The van der Waals surface area contributed by atoms with Crippen molar-refractivity contribution < 1.29 is 9.31 Å². The zero-order chi connectivity index (χ0) is 22.0. The molecule has 0 N–H and O–H groups in total. The first-order valence-electron chi connectivity index (χ1n) is 11.1. The van der Waals surface area contributed by atoms with Gasteiger partial charge in [0.2, 0.25) is 0 Å². The van der Waals surface area contributed by atoms with Gasteiger partial charge in [0.15, 0.2) is 0 Å². The van der Waals surface area contributed by atoms with E-state index in [1.165, 1.54) is 22.5 Å². The van der Waals surface area contributed by atoms with Crippen LogP contribution in [0.4, 0.5) is 17.1 Å². The smallest absolute Gasteiger partial charge is 0.399 e. The number of rotatable bonds is 2. The molecular formula is C27H30BNO2. The van der Waals surface area contributed by atoms with Crippen LogP contribution in [0.3, 0.4) is 0 Å². The Labute approximate surface area is 186 Å². The molecule has 0 unspecified atom stereocenters. The van der Waals surface area contributed by atoms with Gasteiger partial charge >= 0.3 is 7.12 Å². The molecule has 2 aliphatic heterocycles. The summed E-state index contributed by atoms with van der Waals surface area (Å²) in [5, 5.41) is 0. The van der Waals surface area contributed by atoms with Crippen LogP contribution in [-0.2, 0) is 14.7 Å². The fraction of sp³-hybridized carbons (Fsp3) is 0.333. The van der Waals surface area contributed by atoms with E-state index in [1.54, 1.807) is 0 Å². The first-order valence-corrected chi connectivity index (χ1v) is 11.1. The summed E-state index contributed by atoms with van der Waals surface area (Å²) in [6.45, 7) is 13.0. The molecule has 0 aromatic heterocycles. The molecule has 0 bridgehead atoms. The zero-order valence-electron chi connectivity index (χ0n) is 19.3. The van der Waals surface area contributed by atoms with Crippen molar-refractivity contribution in [3.63, 3.8) is 0 Å². The summed E-state index contributed by atoms with van der Waals surface area (Å²) in [5.41, 5.74) is 6.41. The van der Waals surface area contributed by atoms with Gasteiger partial charge in [-0.15, -0.1) is 0 Å². The summed E-state index contributed by atoms with van der Waals surface area (Å²) in [6, 6.07) is 26.0. The van der Waals surface area contributed by atoms with E-state index in [2.05, 4.69) is 119 Å². The maximum atomic E-state index is 6.35. The number of para-hydroxylation sites is 2. The van der Waals surface area contributed by atoms with Gasteiger partial charge in [0.05, 0.1) is 22.6 Å². The predicted molar refractivity (Wildman–Crippen MR) is 129 cm³/mol. The molecule has 0 amide bonds. The third kappa shape index (κ3) is 3.04. The summed E-state index contributed by atoms with van der Waals surface area (Å²) < 4.78 is 12.7. The van der Waals surface area contributed by atoms with Crippen molar-refractivity contribution in [2.75, 3.05) is 4.90 Å². The third-order valence-corrected chi connectivity index (χ3v) is 7.29. The Morgan fingerprint density at radius 2 is 1.23 bits per heavy atom. The average Bonchev–Trinajstić information content (AvgIpc) is 2.96. The maximum Gasteiger partial charge on any atom is 0.494 e. The van der Waals surface area contributed by atoms with Gasteiger partial charge in [-0.2, -0.15) is 0 Å². The molecule has 3 nitrogen and oxygen atoms in total. The van der Waals surface area contributed by atoms with Crippen molar-refractivity contribution in [3.05, 3.63) is 83.9 Å². The quantitative estimate of drug-likeness (QED) is 0.476. The van der Waals surface area contributed by atoms with Gasteiger partial charge in [-0.1, -0.05) is 62.4 Å². The predicted octanol–water partition coefficient (Wildman–Crippen LogP) is 6.09. The van der Waals surface area contributed by atoms with Crippen molar-refractivity contribution in [2.45, 2.75) is 58.2 Å². The molecule has 158 valence electrons. The summed E-state index contributed by atoms with van der Waals surface area (Å²) in [7, 11) is -0.367. The van der Waals surface area contributed by atoms with E-state index >= 15 is 0 Å². The lowest BCUT2D eigenvalue weighted by Crippen LogP contribution is -2.41. The second-order valence-corrected chi connectivity index (χ2v) is 10.2. The SMILES string of the molecule is CC1(C)c2ccccc2N(c2ccccc2)c2ccc(B3OC(C)(C)C(C)(C)O3)cc21. The van der Waals surface area contributed by atoms with Gasteiger partial charge in [0.25, 0.3) is 0 Å². The molecule has 4 heteroatoms. The fourth-order valence-corrected chi connectivity index (χ4v) is 4.70. The molecule has 0 saturated carbocycles. The van der Waals surface area contributed by atoms with Crippen LogP contribution in [-0.4, -0.2) is 18.3 Å². The molecular weight excluding hydrogens is 381 g/mol. The first kappa shape index (κ1) is 20.4. The van der Waals surface area contributed by atoms with Crippen LogP contribution in [0.15, 0.2) is 72.8 Å². The van der Waals surface area contributed by atoms with Crippen LogP contribution in [0.5, 0.6) is 0 Å². The minimum Gasteiger partial charge on any atom is -0.399 e. The summed E-state index contributed by atoms with van der Waals surface area (Å²) in [6.07, 6.45) is 0. The van der Waals surface area contributed by atoms with E-state index in [4.69, 9.17) is 9.31 Å². The molecule has 2 aliphatic rings. The first-order chi connectivity index (χ1) is 14.6. The number of fused-ring (bicyclic) bond motifs is 2.